The van der Waals surface area contributed by atoms with Crippen molar-refractivity contribution >= 4 is 12.0 Å². The van der Waals surface area contributed by atoms with Crippen molar-refractivity contribution in [2.75, 3.05) is 6.61 Å². The molecule has 1 aromatic carbocycles. The molecule has 1 aromatic rings. The second-order valence-corrected chi connectivity index (χ2v) is 5.00. The zero-order chi connectivity index (χ0) is 15.0. The Kier molecular flexibility index (Phi) is 6.87. The van der Waals surface area contributed by atoms with Gasteiger partial charge in [-0.25, -0.2) is 0 Å². The minimum atomic E-state index is -0.407. The Morgan fingerprint density at radius 2 is 2.10 bits per heavy atom. The van der Waals surface area contributed by atoms with E-state index in [9.17, 15) is 20.0 Å². The Hall–Kier alpha value is -1.75. The number of benzene rings is 1. The average molecular weight is 279 g/mol. The Bertz CT molecular complexity index is 459. The van der Waals surface area contributed by atoms with Crippen LogP contribution in [0.25, 0.3) is 0 Å². The van der Waals surface area contributed by atoms with Gasteiger partial charge in [0.25, 0.3) is 5.69 Å². The fourth-order valence-electron chi connectivity index (χ4n) is 2.15. The van der Waals surface area contributed by atoms with Crippen LogP contribution in [0.4, 0.5) is 5.69 Å². The largest absolute Gasteiger partial charge is 0.396 e. The standard InChI is InChI=1S/C15H21NO4/c1-12(11-18)14-10-13(6-4-2-3-5-9-17)7-8-15(14)16(19)20/h7-10,12,18H,2-6,11H2,1H3. The van der Waals surface area contributed by atoms with Crippen molar-refractivity contribution in [2.45, 2.75) is 44.9 Å². The van der Waals surface area contributed by atoms with E-state index in [1.54, 1.807) is 13.0 Å². The lowest BCUT2D eigenvalue weighted by Gasteiger charge is -2.11. The van der Waals surface area contributed by atoms with Crippen LogP contribution >= 0.6 is 0 Å². The van der Waals surface area contributed by atoms with Gasteiger partial charge < -0.3 is 9.90 Å². The number of aliphatic hydroxyl groups is 1. The van der Waals surface area contributed by atoms with E-state index in [1.807, 2.05) is 6.07 Å². The molecule has 0 saturated heterocycles. The number of nitro benzene ring substituents is 1. The molecule has 1 N–H and O–H groups in total. The molecule has 0 heterocycles. The van der Waals surface area contributed by atoms with Gasteiger partial charge in [0, 0.05) is 30.6 Å². The number of aldehydes is 1. The van der Waals surface area contributed by atoms with Crippen LogP contribution in [0.15, 0.2) is 18.2 Å². The molecule has 0 aliphatic carbocycles. The van der Waals surface area contributed by atoms with Gasteiger partial charge in [0.15, 0.2) is 0 Å². The van der Waals surface area contributed by atoms with E-state index in [1.165, 1.54) is 6.07 Å². The number of carbonyl (C=O) groups excluding carboxylic acids is 1. The molecule has 0 spiro atoms. The highest BCUT2D eigenvalue weighted by Gasteiger charge is 2.18. The van der Waals surface area contributed by atoms with Crippen molar-refractivity contribution in [2.24, 2.45) is 0 Å². The van der Waals surface area contributed by atoms with E-state index in [0.717, 1.165) is 37.5 Å². The summed E-state index contributed by atoms with van der Waals surface area (Å²) in [6, 6.07) is 5.10. The first-order valence-electron chi connectivity index (χ1n) is 6.91. The summed E-state index contributed by atoms with van der Waals surface area (Å²) in [6.45, 7) is 1.67. The topological polar surface area (TPSA) is 80.4 Å². The molecular formula is C15H21NO4. The second kappa shape index (κ2) is 8.43. The van der Waals surface area contributed by atoms with Crippen molar-refractivity contribution < 1.29 is 14.8 Å². The molecule has 0 radical (unpaired) electrons. The van der Waals surface area contributed by atoms with Crippen LogP contribution in [0.1, 0.15) is 49.7 Å². The molecule has 5 nitrogen and oxygen atoms in total. The highest BCUT2D eigenvalue weighted by molar-refractivity contribution is 5.49. The summed E-state index contributed by atoms with van der Waals surface area (Å²) >= 11 is 0. The van der Waals surface area contributed by atoms with Gasteiger partial charge in [-0.2, -0.15) is 0 Å². The van der Waals surface area contributed by atoms with E-state index in [0.29, 0.717) is 12.0 Å². The van der Waals surface area contributed by atoms with E-state index < -0.39 is 4.92 Å². The lowest BCUT2D eigenvalue weighted by atomic mass is 9.95. The zero-order valence-corrected chi connectivity index (χ0v) is 11.7. The number of aryl methyl sites for hydroxylation is 1. The fourth-order valence-corrected chi connectivity index (χ4v) is 2.15. The Morgan fingerprint density at radius 3 is 2.70 bits per heavy atom. The van der Waals surface area contributed by atoms with Crippen LogP contribution < -0.4 is 0 Å². The van der Waals surface area contributed by atoms with Gasteiger partial charge >= 0.3 is 0 Å². The smallest absolute Gasteiger partial charge is 0.272 e. The molecule has 1 unspecified atom stereocenters. The lowest BCUT2D eigenvalue weighted by molar-refractivity contribution is -0.385. The quantitative estimate of drug-likeness (QED) is 0.326. The van der Waals surface area contributed by atoms with Crippen LogP contribution in [-0.4, -0.2) is 22.9 Å². The molecule has 0 saturated carbocycles. The Morgan fingerprint density at radius 1 is 1.35 bits per heavy atom. The number of unbranched alkanes of at least 4 members (excludes halogenated alkanes) is 3. The van der Waals surface area contributed by atoms with E-state index in [-0.39, 0.29) is 18.2 Å². The third-order valence-electron chi connectivity index (χ3n) is 3.38. The summed E-state index contributed by atoms with van der Waals surface area (Å²) in [5.74, 6) is -0.245. The van der Waals surface area contributed by atoms with Crippen LogP contribution in [-0.2, 0) is 11.2 Å². The summed E-state index contributed by atoms with van der Waals surface area (Å²) in [5.41, 5.74) is 1.69. The fraction of sp³-hybridized carbons (Fsp3) is 0.533. The van der Waals surface area contributed by atoms with Crippen LogP contribution in [0.2, 0.25) is 0 Å². The third kappa shape index (κ3) is 4.74. The van der Waals surface area contributed by atoms with E-state index in [2.05, 4.69) is 0 Å². The number of nitrogens with zero attached hydrogens (tertiary/aromatic N) is 1. The highest BCUT2D eigenvalue weighted by Crippen LogP contribution is 2.28. The summed E-state index contributed by atoms with van der Waals surface area (Å²) in [7, 11) is 0. The van der Waals surface area contributed by atoms with Crippen molar-refractivity contribution in [3.63, 3.8) is 0 Å². The molecule has 20 heavy (non-hydrogen) atoms. The average Bonchev–Trinajstić information content (AvgIpc) is 2.45. The monoisotopic (exact) mass is 279 g/mol. The Balaban J connectivity index is 2.74. The van der Waals surface area contributed by atoms with Crippen molar-refractivity contribution in [3.05, 3.63) is 39.4 Å². The zero-order valence-electron chi connectivity index (χ0n) is 11.7. The van der Waals surface area contributed by atoms with E-state index in [4.69, 9.17) is 0 Å². The maximum Gasteiger partial charge on any atom is 0.272 e. The maximum atomic E-state index is 11.0. The van der Waals surface area contributed by atoms with Gasteiger partial charge in [-0.1, -0.05) is 19.4 Å². The maximum absolute atomic E-state index is 11.0. The summed E-state index contributed by atoms with van der Waals surface area (Å²) in [4.78, 5) is 20.8. The molecule has 0 aliphatic rings. The molecule has 0 fully saturated rings. The van der Waals surface area contributed by atoms with Crippen molar-refractivity contribution in [1.82, 2.24) is 0 Å². The minimum absolute atomic E-state index is 0.0660. The van der Waals surface area contributed by atoms with Crippen LogP contribution in [0.3, 0.4) is 0 Å². The number of carbonyl (C=O) groups is 1. The lowest BCUT2D eigenvalue weighted by Crippen LogP contribution is -2.04. The van der Waals surface area contributed by atoms with Crippen molar-refractivity contribution in [3.8, 4) is 0 Å². The van der Waals surface area contributed by atoms with Crippen LogP contribution in [0.5, 0.6) is 0 Å². The predicted molar refractivity (Wildman–Crippen MR) is 76.8 cm³/mol. The molecule has 0 aromatic heterocycles. The molecule has 0 aliphatic heterocycles. The third-order valence-corrected chi connectivity index (χ3v) is 3.38. The van der Waals surface area contributed by atoms with Gasteiger partial charge in [0.2, 0.25) is 0 Å². The molecule has 110 valence electrons. The predicted octanol–water partition coefficient (Wildman–Crippen LogP) is 2.99. The SMILES string of the molecule is CC(CO)c1cc(CCCCCC=O)ccc1[N+](=O)[O-]. The number of hydrogen-bond donors (Lipinski definition) is 1. The summed E-state index contributed by atoms with van der Waals surface area (Å²) in [5, 5.41) is 20.2. The minimum Gasteiger partial charge on any atom is -0.396 e. The molecule has 1 atom stereocenters. The van der Waals surface area contributed by atoms with Gasteiger partial charge in [0.05, 0.1) is 4.92 Å². The normalized spacial score (nSPS) is 12.1. The second-order valence-electron chi connectivity index (χ2n) is 5.00. The molecule has 1 rings (SSSR count). The van der Waals surface area contributed by atoms with Gasteiger partial charge in [-0.3, -0.25) is 10.1 Å². The molecule has 5 heteroatoms. The van der Waals surface area contributed by atoms with Gasteiger partial charge in [-0.05, 0) is 30.9 Å². The van der Waals surface area contributed by atoms with E-state index >= 15 is 0 Å². The first-order valence-corrected chi connectivity index (χ1v) is 6.91. The number of hydrogen-bond acceptors (Lipinski definition) is 4. The number of rotatable bonds is 9. The molecule has 0 amide bonds. The van der Waals surface area contributed by atoms with Gasteiger partial charge in [0.1, 0.15) is 6.29 Å². The van der Waals surface area contributed by atoms with Crippen LogP contribution in [0, 0.1) is 10.1 Å². The first kappa shape index (κ1) is 16.3. The highest BCUT2D eigenvalue weighted by atomic mass is 16.6. The number of nitro groups is 1. The van der Waals surface area contributed by atoms with Gasteiger partial charge in [-0.15, -0.1) is 0 Å². The summed E-state index contributed by atoms with van der Waals surface area (Å²) < 4.78 is 0. The summed E-state index contributed by atoms with van der Waals surface area (Å²) in [6.07, 6.45) is 5.16. The molecule has 0 bridgehead atoms. The van der Waals surface area contributed by atoms with Crippen molar-refractivity contribution in [1.29, 1.82) is 0 Å². The Labute approximate surface area is 118 Å². The number of aliphatic hydroxyl groups excluding tert-OH is 1. The first-order chi connectivity index (χ1) is 9.60. The molecular weight excluding hydrogens is 258 g/mol.